The van der Waals surface area contributed by atoms with Crippen molar-refractivity contribution < 1.29 is 36.6 Å². The molecule has 1 aromatic carbocycles. The first kappa shape index (κ1) is 23.0. The SMILES string of the molecule is CC1=C2C(=NN=C2NC(=O)CCOC(N)=O)CC=C1c1cc(F)ccc1OCC(F)(F)F. The van der Waals surface area contributed by atoms with Crippen molar-refractivity contribution in [3.8, 4) is 5.75 Å². The number of nitrogens with one attached hydrogen (secondary N) is 1. The molecule has 3 rings (SSSR count). The standard InChI is InChI=1S/C20H18F4N4O4/c1-10-12(13-8-11(21)2-5-15(13)32-9-20(22,23)24)3-4-14-17(10)18(28-27-14)26-16(29)6-7-31-19(25)30/h2-3,5,8H,4,6-7,9H2,1H3,(H2,25,30)(H,26,28,29). The second-order valence-electron chi connectivity index (χ2n) is 6.83. The molecule has 0 saturated carbocycles. The second kappa shape index (κ2) is 9.20. The number of hydrogen-bond donors (Lipinski definition) is 2. The molecule has 0 radical (unpaired) electrons. The van der Waals surface area contributed by atoms with Crippen molar-refractivity contribution in [2.75, 3.05) is 13.2 Å². The van der Waals surface area contributed by atoms with Crippen LogP contribution in [-0.2, 0) is 9.53 Å². The zero-order valence-corrected chi connectivity index (χ0v) is 16.8. The molecule has 32 heavy (non-hydrogen) atoms. The summed E-state index contributed by atoms with van der Waals surface area (Å²) < 4.78 is 61.2. The third-order valence-corrected chi connectivity index (χ3v) is 4.53. The number of halogens is 4. The number of primary amides is 1. The van der Waals surface area contributed by atoms with Crippen LogP contribution in [0.4, 0.5) is 22.4 Å². The number of ether oxygens (including phenoxy) is 2. The second-order valence-corrected chi connectivity index (χ2v) is 6.83. The number of alkyl halides is 3. The van der Waals surface area contributed by atoms with Gasteiger partial charge in [-0.1, -0.05) is 6.08 Å². The predicted molar refractivity (Wildman–Crippen MR) is 106 cm³/mol. The summed E-state index contributed by atoms with van der Waals surface area (Å²) in [7, 11) is 0. The van der Waals surface area contributed by atoms with E-state index in [9.17, 15) is 27.2 Å². The third kappa shape index (κ3) is 5.50. The minimum absolute atomic E-state index is 0.126. The van der Waals surface area contributed by atoms with Gasteiger partial charge in [0.2, 0.25) is 5.91 Å². The lowest BCUT2D eigenvalue weighted by Crippen LogP contribution is -2.34. The number of fused-ring (bicyclic) bond motifs is 1. The summed E-state index contributed by atoms with van der Waals surface area (Å²) in [6, 6.07) is 3.21. The topological polar surface area (TPSA) is 115 Å². The Morgan fingerprint density at radius 2 is 2.00 bits per heavy atom. The highest BCUT2D eigenvalue weighted by Gasteiger charge is 2.31. The van der Waals surface area contributed by atoms with Gasteiger partial charge in [-0.3, -0.25) is 4.79 Å². The van der Waals surface area contributed by atoms with Crippen LogP contribution in [0.2, 0.25) is 0 Å². The van der Waals surface area contributed by atoms with Crippen molar-refractivity contribution in [3.63, 3.8) is 0 Å². The van der Waals surface area contributed by atoms with Gasteiger partial charge in [-0.2, -0.15) is 18.3 Å². The number of amides is 2. The van der Waals surface area contributed by atoms with Gasteiger partial charge in [0.05, 0.1) is 12.1 Å². The van der Waals surface area contributed by atoms with Crippen LogP contribution in [0.15, 0.2) is 45.6 Å². The maximum absolute atomic E-state index is 13.9. The maximum atomic E-state index is 13.9. The van der Waals surface area contributed by atoms with Gasteiger partial charge in [-0.15, -0.1) is 5.10 Å². The normalized spacial score (nSPS) is 15.5. The van der Waals surface area contributed by atoms with E-state index in [2.05, 4.69) is 20.3 Å². The molecule has 0 aromatic heterocycles. The Morgan fingerprint density at radius 1 is 1.25 bits per heavy atom. The van der Waals surface area contributed by atoms with Crippen molar-refractivity contribution in [1.29, 1.82) is 0 Å². The third-order valence-electron chi connectivity index (χ3n) is 4.53. The Labute approximate surface area is 179 Å². The van der Waals surface area contributed by atoms with Crippen LogP contribution in [0, 0.1) is 5.82 Å². The Balaban J connectivity index is 1.84. The summed E-state index contributed by atoms with van der Waals surface area (Å²) in [4.78, 5) is 22.7. The number of rotatable bonds is 6. The summed E-state index contributed by atoms with van der Waals surface area (Å²) in [5.41, 5.74) is 6.91. The number of carbonyl (C=O) groups excluding carboxylic acids is 2. The van der Waals surface area contributed by atoms with Crippen LogP contribution in [0.25, 0.3) is 5.57 Å². The quantitative estimate of drug-likeness (QED) is 0.642. The molecule has 2 amide bonds. The number of nitrogens with zero attached hydrogens (tertiary/aromatic N) is 2. The van der Waals surface area contributed by atoms with E-state index in [1.807, 2.05) is 0 Å². The van der Waals surface area contributed by atoms with Gasteiger partial charge >= 0.3 is 12.3 Å². The first-order valence-electron chi connectivity index (χ1n) is 9.33. The summed E-state index contributed by atoms with van der Waals surface area (Å²) in [6.45, 7) is -0.108. The lowest BCUT2D eigenvalue weighted by Gasteiger charge is -2.21. The van der Waals surface area contributed by atoms with E-state index < -0.39 is 30.6 Å². The maximum Gasteiger partial charge on any atom is 0.422 e. The van der Waals surface area contributed by atoms with E-state index in [4.69, 9.17) is 10.5 Å². The highest BCUT2D eigenvalue weighted by molar-refractivity contribution is 6.31. The van der Waals surface area contributed by atoms with E-state index >= 15 is 0 Å². The number of hydrogen-bond acceptors (Lipinski definition) is 6. The van der Waals surface area contributed by atoms with E-state index in [0.717, 1.165) is 18.2 Å². The van der Waals surface area contributed by atoms with Gasteiger partial charge in [-0.05, 0) is 36.3 Å². The molecule has 0 unspecified atom stereocenters. The molecule has 0 bridgehead atoms. The number of benzene rings is 1. The van der Waals surface area contributed by atoms with E-state index in [-0.39, 0.29) is 36.6 Å². The smallest absolute Gasteiger partial charge is 0.422 e. The molecule has 170 valence electrons. The Morgan fingerprint density at radius 3 is 2.69 bits per heavy atom. The first-order chi connectivity index (χ1) is 15.0. The van der Waals surface area contributed by atoms with Gasteiger partial charge < -0.3 is 20.5 Å². The number of nitrogens with two attached hydrogens (primary N) is 1. The van der Waals surface area contributed by atoms with Gasteiger partial charge in [-0.25, -0.2) is 9.18 Å². The molecule has 12 heteroatoms. The molecule has 1 aliphatic carbocycles. The number of carbonyl (C=O) groups is 2. The lowest BCUT2D eigenvalue weighted by molar-refractivity contribution is -0.153. The molecule has 0 fully saturated rings. The molecule has 0 atom stereocenters. The fourth-order valence-corrected chi connectivity index (χ4v) is 3.21. The molecule has 1 heterocycles. The van der Waals surface area contributed by atoms with E-state index in [1.54, 1.807) is 13.0 Å². The molecular formula is C20H18F4N4O4. The zero-order chi connectivity index (χ0) is 23.5. The number of amidine groups is 1. The fraction of sp³-hybridized carbons (Fsp3) is 0.300. The highest BCUT2D eigenvalue weighted by Crippen LogP contribution is 2.38. The van der Waals surface area contributed by atoms with Gasteiger partial charge in [0.25, 0.3) is 0 Å². The van der Waals surface area contributed by atoms with Crippen LogP contribution < -0.4 is 15.8 Å². The molecule has 0 saturated heterocycles. The average Bonchev–Trinajstić information content (AvgIpc) is 3.10. The average molecular weight is 454 g/mol. The summed E-state index contributed by atoms with van der Waals surface area (Å²) >= 11 is 0. The van der Waals surface area contributed by atoms with Gasteiger partial charge in [0.1, 0.15) is 18.2 Å². The van der Waals surface area contributed by atoms with Crippen molar-refractivity contribution in [2.45, 2.75) is 25.9 Å². The Bertz CT molecular complexity index is 1070. The number of allylic oxidation sites excluding steroid dienone is 3. The Kier molecular flexibility index (Phi) is 6.61. The van der Waals surface area contributed by atoms with Crippen LogP contribution in [0.5, 0.6) is 5.75 Å². The molecule has 8 nitrogen and oxygen atoms in total. The molecule has 1 aliphatic heterocycles. The molecule has 1 aromatic rings. The lowest BCUT2D eigenvalue weighted by atomic mass is 9.86. The van der Waals surface area contributed by atoms with Crippen LogP contribution >= 0.6 is 0 Å². The van der Waals surface area contributed by atoms with E-state index in [1.165, 1.54) is 0 Å². The summed E-state index contributed by atoms with van der Waals surface area (Å²) in [5, 5.41) is 10.5. The summed E-state index contributed by atoms with van der Waals surface area (Å²) in [6.07, 6.45) is -3.82. The van der Waals surface area contributed by atoms with Crippen LogP contribution in [0.3, 0.4) is 0 Å². The van der Waals surface area contributed by atoms with Crippen molar-refractivity contribution >= 4 is 29.1 Å². The fourth-order valence-electron chi connectivity index (χ4n) is 3.21. The predicted octanol–water partition coefficient (Wildman–Crippen LogP) is 3.24. The largest absolute Gasteiger partial charge is 0.483 e. The molecule has 3 N–H and O–H groups in total. The van der Waals surface area contributed by atoms with Gasteiger partial charge in [0, 0.05) is 17.6 Å². The van der Waals surface area contributed by atoms with E-state index in [0.29, 0.717) is 22.4 Å². The minimum atomic E-state index is -4.56. The molecule has 2 aliphatic rings. The van der Waals surface area contributed by atoms with Crippen LogP contribution in [0.1, 0.15) is 25.3 Å². The van der Waals surface area contributed by atoms with Crippen molar-refractivity contribution in [3.05, 3.63) is 46.8 Å². The van der Waals surface area contributed by atoms with Crippen LogP contribution in [-0.4, -0.2) is 42.9 Å². The molecular weight excluding hydrogens is 436 g/mol. The van der Waals surface area contributed by atoms with Gasteiger partial charge in [0.15, 0.2) is 12.4 Å². The zero-order valence-electron chi connectivity index (χ0n) is 16.8. The van der Waals surface area contributed by atoms with Crippen molar-refractivity contribution in [1.82, 2.24) is 5.32 Å². The monoisotopic (exact) mass is 454 g/mol. The van der Waals surface area contributed by atoms with Crippen molar-refractivity contribution in [2.24, 2.45) is 15.9 Å². The minimum Gasteiger partial charge on any atom is -0.483 e. The highest BCUT2D eigenvalue weighted by atomic mass is 19.4. The first-order valence-corrected chi connectivity index (χ1v) is 9.33. The Hall–Kier alpha value is -3.70. The molecule has 0 spiro atoms. The summed E-state index contributed by atoms with van der Waals surface area (Å²) in [5.74, 6) is -1.18.